The van der Waals surface area contributed by atoms with Gasteiger partial charge in [-0.25, -0.2) is 0 Å². The number of rotatable bonds is 1. The first-order valence-electron chi connectivity index (χ1n) is 4.20. The van der Waals surface area contributed by atoms with Crippen molar-refractivity contribution < 1.29 is 4.52 Å². The number of halogens is 1. The number of aromatic amines is 1. The van der Waals surface area contributed by atoms with E-state index in [4.69, 9.17) is 10.3 Å². The fourth-order valence-electron chi connectivity index (χ4n) is 1.21. The molecule has 0 aliphatic heterocycles. The average molecular weight is 270 g/mol. The summed E-state index contributed by atoms with van der Waals surface area (Å²) in [5.74, 6) is 0.568. The predicted octanol–water partition coefficient (Wildman–Crippen LogP) is 1.68. The second kappa shape index (κ2) is 3.54. The summed E-state index contributed by atoms with van der Waals surface area (Å²) >= 11 is 3.21. The van der Waals surface area contributed by atoms with E-state index < -0.39 is 0 Å². The van der Waals surface area contributed by atoms with Crippen molar-refractivity contribution in [3.8, 4) is 11.3 Å². The first kappa shape index (κ1) is 9.97. The second-order valence-electron chi connectivity index (χ2n) is 3.10. The van der Waals surface area contributed by atoms with E-state index in [1.807, 2.05) is 0 Å². The van der Waals surface area contributed by atoms with Gasteiger partial charge in [-0.1, -0.05) is 5.16 Å². The van der Waals surface area contributed by atoms with Crippen molar-refractivity contribution in [2.24, 2.45) is 0 Å². The van der Waals surface area contributed by atoms with Crippen LogP contribution in [0.1, 0.15) is 5.69 Å². The largest absolute Gasteiger partial charge is 0.380 e. The molecule has 2 heterocycles. The molecule has 0 aliphatic rings. The number of aryl methyl sites for hydroxylation is 1. The Balaban J connectivity index is 2.65. The third-order valence-corrected chi connectivity index (χ3v) is 2.73. The molecule has 0 radical (unpaired) electrons. The van der Waals surface area contributed by atoms with Crippen LogP contribution in [0.15, 0.2) is 26.1 Å². The van der Waals surface area contributed by atoms with Gasteiger partial charge in [-0.2, -0.15) is 0 Å². The zero-order valence-corrected chi connectivity index (χ0v) is 9.46. The van der Waals surface area contributed by atoms with E-state index in [2.05, 4.69) is 26.1 Å². The molecule has 15 heavy (non-hydrogen) atoms. The average Bonchev–Trinajstić information content (AvgIpc) is 2.49. The zero-order valence-electron chi connectivity index (χ0n) is 7.87. The zero-order chi connectivity index (χ0) is 11.0. The Labute approximate surface area is 93.4 Å². The van der Waals surface area contributed by atoms with Crippen LogP contribution in [0.4, 0.5) is 5.82 Å². The SMILES string of the molecule is Cc1cc(=O)c(-c2onc(N)c2Br)c[nH]1. The molecule has 0 atom stereocenters. The van der Waals surface area contributed by atoms with Gasteiger partial charge in [0.15, 0.2) is 17.0 Å². The molecule has 0 unspecified atom stereocenters. The van der Waals surface area contributed by atoms with E-state index in [0.29, 0.717) is 15.8 Å². The molecule has 0 spiro atoms. The number of H-pyrrole nitrogens is 1. The van der Waals surface area contributed by atoms with E-state index in [9.17, 15) is 4.79 Å². The maximum absolute atomic E-state index is 11.6. The van der Waals surface area contributed by atoms with Crippen LogP contribution >= 0.6 is 15.9 Å². The summed E-state index contributed by atoms with van der Waals surface area (Å²) in [7, 11) is 0. The van der Waals surface area contributed by atoms with E-state index in [0.717, 1.165) is 5.69 Å². The van der Waals surface area contributed by atoms with Crippen LogP contribution in [0.5, 0.6) is 0 Å². The lowest BCUT2D eigenvalue weighted by atomic mass is 10.2. The molecule has 2 rings (SSSR count). The highest BCUT2D eigenvalue weighted by Crippen LogP contribution is 2.30. The van der Waals surface area contributed by atoms with Gasteiger partial charge in [-0.05, 0) is 22.9 Å². The second-order valence-corrected chi connectivity index (χ2v) is 3.90. The molecule has 0 saturated heterocycles. The van der Waals surface area contributed by atoms with E-state index in [-0.39, 0.29) is 11.2 Å². The monoisotopic (exact) mass is 269 g/mol. The quantitative estimate of drug-likeness (QED) is 0.825. The lowest BCUT2D eigenvalue weighted by molar-refractivity contribution is 0.435. The Kier molecular flexibility index (Phi) is 2.36. The fraction of sp³-hybridized carbons (Fsp3) is 0.111. The Hall–Kier alpha value is -1.56. The number of nitrogens with zero attached hydrogens (tertiary/aromatic N) is 1. The van der Waals surface area contributed by atoms with E-state index in [1.54, 1.807) is 13.1 Å². The van der Waals surface area contributed by atoms with Crippen molar-refractivity contribution >= 4 is 21.7 Å². The molecule has 0 aliphatic carbocycles. The summed E-state index contributed by atoms with van der Waals surface area (Å²) in [6, 6.07) is 1.49. The Morgan fingerprint density at radius 2 is 2.33 bits per heavy atom. The van der Waals surface area contributed by atoms with Crippen LogP contribution in [0, 0.1) is 6.92 Å². The van der Waals surface area contributed by atoms with Gasteiger partial charge in [0.25, 0.3) is 0 Å². The van der Waals surface area contributed by atoms with Crippen molar-refractivity contribution in [2.45, 2.75) is 6.92 Å². The van der Waals surface area contributed by atoms with Crippen molar-refractivity contribution in [1.82, 2.24) is 10.1 Å². The van der Waals surface area contributed by atoms with Gasteiger partial charge in [0.1, 0.15) is 4.47 Å². The Morgan fingerprint density at radius 3 is 2.87 bits per heavy atom. The van der Waals surface area contributed by atoms with Crippen LogP contribution in [-0.4, -0.2) is 10.1 Å². The highest BCUT2D eigenvalue weighted by atomic mass is 79.9. The number of nitrogens with two attached hydrogens (primary N) is 1. The van der Waals surface area contributed by atoms with Gasteiger partial charge < -0.3 is 15.2 Å². The smallest absolute Gasteiger partial charge is 0.192 e. The standard InChI is InChI=1S/C9H8BrN3O2/c1-4-2-6(14)5(3-12-4)8-7(10)9(11)13-15-8/h2-3H,1H3,(H2,11,13)(H,12,14). The lowest BCUT2D eigenvalue weighted by Crippen LogP contribution is -2.04. The van der Waals surface area contributed by atoms with Gasteiger partial charge in [0, 0.05) is 18.0 Å². The minimum atomic E-state index is -0.136. The van der Waals surface area contributed by atoms with Crippen LogP contribution in [-0.2, 0) is 0 Å². The molecule has 3 N–H and O–H groups in total. The van der Waals surface area contributed by atoms with Gasteiger partial charge in [-0.3, -0.25) is 4.79 Å². The maximum Gasteiger partial charge on any atom is 0.192 e. The van der Waals surface area contributed by atoms with Gasteiger partial charge in [-0.15, -0.1) is 0 Å². The highest BCUT2D eigenvalue weighted by molar-refractivity contribution is 9.10. The fourth-order valence-corrected chi connectivity index (χ4v) is 1.57. The van der Waals surface area contributed by atoms with Crippen LogP contribution in [0.2, 0.25) is 0 Å². The Bertz CT molecular complexity index is 559. The van der Waals surface area contributed by atoms with Crippen LogP contribution in [0.3, 0.4) is 0 Å². The molecular formula is C9H8BrN3O2. The molecule has 0 aromatic carbocycles. The minimum absolute atomic E-state index is 0.136. The van der Waals surface area contributed by atoms with E-state index >= 15 is 0 Å². The van der Waals surface area contributed by atoms with Crippen LogP contribution in [0.25, 0.3) is 11.3 Å². The number of pyridine rings is 1. The molecule has 6 heteroatoms. The molecule has 2 aromatic rings. The number of nitrogen functional groups attached to an aromatic ring is 1. The number of nitrogens with one attached hydrogen (secondary N) is 1. The summed E-state index contributed by atoms with van der Waals surface area (Å²) in [6.45, 7) is 1.80. The third kappa shape index (κ3) is 1.68. The molecular weight excluding hydrogens is 262 g/mol. The lowest BCUT2D eigenvalue weighted by Gasteiger charge is -1.96. The van der Waals surface area contributed by atoms with Gasteiger partial charge in [0.05, 0.1) is 5.56 Å². The number of aromatic nitrogens is 2. The molecule has 78 valence electrons. The topological polar surface area (TPSA) is 84.9 Å². The number of hydrogen-bond donors (Lipinski definition) is 2. The molecule has 0 fully saturated rings. The van der Waals surface area contributed by atoms with Crippen molar-refractivity contribution in [1.29, 1.82) is 0 Å². The normalized spacial score (nSPS) is 10.5. The first-order valence-corrected chi connectivity index (χ1v) is 4.99. The highest BCUT2D eigenvalue weighted by Gasteiger charge is 2.15. The third-order valence-electron chi connectivity index (χ3n) is 1.96. The van der Waals surface area contributed by atoms with Gasteiger partial charge >= 0.3 is 0 Å². The number of anilines is 1. The number of hydrogen-bond acceptors (Lipinski definition) is 4. The predicted molar refractivity (Wildman–Crippen MR) is 59.4 cm³/mol. The van der Waals surface area contributed by atoms with Crippen molar-refractivity contribution in [3.05, 3.63) is 32.7 Å². The molecule has 5 nitrogen and oxygen atoms in total. The maximum atomic E-state index is 11.6. The van der Waals surface area contributed by atoms with Crippen molar-refractivity contribution in [3.63, 3.8) is 0 Å². The molecule has 2 aromatic heterocycles. The van der Waals surface area contributed by atoms with Gasteiger partial charge in [0.2, 0.25) is 0 Å². The summed E-state index contributed by atoms with van der Waals surface area (Å²) < 4.78 is 5.46. The molecule has 0 bridgehead atoms. The summed E-state index contributed by atoms with van der Waals surface area (Å²) in [4.78, 5) is 14.6. The van der Waals surface area contributed by atoms with E-state index in [1.165, 1.54) is 6.07 Å². The molecule has 0 amide bonds. The minimum Gasteiger partial charge on any atom is -0.380 e. The van der Waals surface area contributed by atoms with Crippen LogP contribution < -0.4 is 11.2 Å². The Morgan fingerprint density at radius 1 is 1.60 bits per heavy atom. The first-order chi connectivity index (χ1) is 7.09. The summed E-state index contributed by atoms with van der Waals surface area (Å²) in [5, 5.41) is 3.56. The molecule has 0 saturated carbocycles. The van der Waals surface area contributed by atoms with Crippen molar-refractivity contribution in [2.75, 3.05) is 5.73 Å². The summed E-state index contributed by atoms with van der Waals surface area (Å²) in [5.41, 5.74) is 6.54. The summed E-state index contributed by atoms with van der Waals surface area (Å²) in [6.07, 6.45) is 1.57.